The topological polar surface area (TPSA) is 89.9 Å². The summed E-state index contributed by atoms with van der Waals surface area (Å²) in [7, 11) is 0. The molecule has 0 heterocycles. The van der Waals surface area contributed by atoms with E-state index in [1.807, 2.05) is 0 Å². The molecule has 0 amide bonds. The Morgan fingerprint density at radius 2 is 1.62 bits per heavy atom. The number of carbonyl (C=O) groups excluding carboxylic acids is 2. The van der Waals surface area contributed by atoms with Crippen LogP contribution in [0.4, 0.5) is 0 Å². The lowest BCUT2D eigenvalue weighted by Crippen LogP contribution is -2.42. The molecule has 0 spiro atoms. The van der Waals surface area contributed by atoms with E-state index < -0.39 is 23.3 Å². The Hall–Kier alpha value is -1.85. The Morgan fingerprint density at radius 1 is 1.05 bits per heavy atom. The van der Waals surface area contributed by atoms with Gasteiger partial charge in [0.05, 0.1) is 13.2 Å². The van der Waals surface area contributed by atoms with Crippen molar-refractivity contribution >= 4 is 17.9 Å². The average Bonchev–Trinajstić information content (AvgIpc) is 2.50. The fraction of sp³-hybridized carbons (Fsp3) is 0.667. The van der Waals surface area contributed by atoms with Gasteiger partial charge in [-0.2, -0.15) is 0 Å². The van der Waals surface area contributed by atoms with Crippen LogP contribution in [0.25, 0.3) is 0 Å². The summed E-state index contributed by atoms with van der Waals surface area (Å²) in [4.78, 5) is 34.2. The summed E-state index contributed by atoms with van der Waals surface area (Å²) < 4.78 is 9.88. The predicted octanol–water partition coefficient (Wildman–Crippen LogP) is 2.07. The normalized spacial score (nSPS) is 16.8. The van der Waals surface area contributed by atoms with E-state index >= 15 is 0 Å². The molecule has 1 rings (SSSR count). The van der Waals surface area contributed by atoms with Gasteiger partial charge in [-0.25, -0.2) is 4.79 Å². The maximum Gasteiger partial charge on any atom is 0.330 e. The third kappa shape index (κ3) is 4.88. The molecule has 1 N–H and O–H groups in total. The fourth-order valence-corrected chi connectivity index (χ4v) is 2.40. The molecule has 0 aromatic rings. The molecule has 0 bridgehead atoms. The molecule has 21 heavy (non-hydrogen) atoms. The number of hydrogen-bond acceptors (Lipinski definition) is 5. The number of aliphatic carboxylic acids is 1. The van der Waals surface area contributed by atoms with E-state index in [0.29, 0.717) is 25.7 Å². The van der Waals surface area contributed by atoms with E-state index in [-0.39, 0.29) is 13.2 Å². The number of hydrogen-bond donors (Lipinski definition) is 1. The van der Waals surface area contributed by atoms with Gasteiger partial charge in [-0.15, -0.1) is 0 Å². The summed E-state index contributed by atoms with van der Waals surface area (Å²) in [5.74, 6) is -2.22. The Morgan fingerprint density at radius 3 is 2.14 bits per heavy atom. The van der Waals surface area contributed by atoms with Crippen LogP contribution in [0, 0.1) is 5.41 Å². The van der Waals surface area contributed by atoms with E-state index in [1.165, 1.54) is 0 Å². The lowest BCUT2D eigenvalue weighted by atomic mass is 9.74. The molecule has 1 fully saturated rings. The highest BCUT2D eigenvalue weighted by atomic mass is 16.5. The molecule has 118 valence electrons. The smallest absolute Gasteiger partial charge is 0.330 e. The largest absolute Gasteiger partial charge is 0.480 e. The fourth-order valence-electron chi connectivity index (χ4n) is 2.40. The van der Waals surface area contributed by atoms with Crippen molar-refractivity contribution in [1.29, 1.82) is 0 Å². The van der Waals surface area contributed by atoms with Gasteiger partial charge in [0.25, 0.3) is 0 Å². The summed E-state index contributed by atoms with van der Waals surface area (Å²) in [6.45, 7) is 3.64. The monoisotopic (exact) mass is 298 g/mol. The lowest BCUT2D eigenvalue weighted by molar-refractivity contribution is -0.171. The van der Waals surface area contributed by atoms with Gasteiger partial charge in [0.15, 0.2) is 5.41 Å². The zero-order chi connectivity index (χ0) is 15.7. The molecule has 6 nitrogen and oxygen atoms in total. The molecular weight excluding hydrogens is 276 g/mol. The first kappa shape index (κ1) is 17.2. The summed E-state index contributed by atoms with van der Waals surface area (Å²) in [5, 5.41) is 9.32. The number of esters is 2. The molecule has 0 saturated heterocycles. The van der Waals surface area contributed by atoms with Crippen LogP contribution in [0.2, 0.25) is 0 Å². The minimum Gasteiger partial charge on any atom is -0.480 e. The van der Waals surface area contributed by atoms with Crippen molar-refractivity contribution in [1.82, 2.24) is 0 Å². The van der Waals surface area contributed by atoms with Crippen molar-refractivity contribution < 1.29 is 29.0 Å². The third-order valence-corrected chi connectivity index (χ3v) is 3.69. The van der Waals surface area contributed by atoms with Gasteiger partial charge in [-0.3, -0.25) is 9.59 Å². The molecule has 0 aliphatic heterocycles. The maximum absolute atomic E-state index is 12.0. The van der Waals surface area contributed by atoms with E-state index in [9.17, 15) is 19.5 Å². The quantitative estimate of drug-likeness (QED) is 0.319. The van der Waals surface area contributed by atoms with Gasteiger partial charge in [0.1, 0.15) is 0 Å². The first-order valence-corrected chi connectivity index (χ1v) is 7.23. The van der Waals surface area contributed by atoms with Crippen molar-refractivity contribution in [2.75, 3.05) is 13.2 Å². The van der Waals surface area contributed by atoms with Crippen molar-refractivity contribution in [2.45, 2.75) is 44.9 Å². The Balaban J connectivity index is 2.30. The van der Waals surface area contributed by atoms with Gasteiger partial charge in [-0.1, -0.05) is 25.8 Å². The highest BCUT2D eigenvalue weighted by Crippen LogP contribution is 2.37. The second-order valence-corrected chi connectivity index (χ2v) is 5.16. The van der Waals surface area contributed by atoms with Crippen LogP contribution in [0.5, 0.6) is 0 Å². The molecule has 1 saturated carbocycles. The highest BCUT2D eigenvalue weighted by Gasteiger charge is 2.48. The predicted molar refractivity (Wildman–Crippen MR) is 74.5 cm³/mol. The molecule has 0 radical (unpaired) electrons. The van der Waals surface area contributed by atoms with Crippen molar-refractivity contribution in [3.05, 3.63) is 12.7 Å². The zero-order valence-electron chi connectivity index (χ0n) is 12.1. The Kier molecular flexibility index (Phi) is 6.91. The van der Waals surface area contributed by atoms with Gasteiger partial charge >= 0.3 is 17.9 Å². The SMILES string of the molecule is C=CC(=O)OCCCCOC(=O)C1(C(=O)O)CCCCC1. The van der Waals surface area contributed by atoms with E-state index in [4.69, 9.17) is 9.47 Å². The molecule has 1 aliphatic carbocycles. The minimum atomic E-state index is -1.37. The van der Waals surface area contributed by atoms with E-state index in [1.54, 1.807) is 0 Å². The van der Waals surface area contributed by atoms with Crippen LogP contribution in [0.1, 0.15) is 44.9 Å². The maximum atomic E-state index is 12.0. The summed E-state index contributed by atoms with van der Waals surface area (Å²) in [6.07, 6.45) is 5.27. The molecule has 0 aromatic carbocycles. The van der Waals surface area contributed by atoms with Crippen LogP contribution in [-0.4, -0.2) is 36.2 Å². The van der Waals surface area contributed by atoms with E-state index in [0.717, 1.165) is 25.3 Å². The highest BCUT2D eigenvalue weighted by molar-refractivity contribution is 5.99. The Bertz CT molecular complexity index is 395. The molecule has 6 heteroatoms. The molecule has 0 atom stereocenters. The zero-order valence-corrected chi connectivity index (χ0v) is 12.1. The number of rotatable bonds is 8. The molecule has 0 unspecified atom stereocenters. The summed E-state index contributed by atoms with van der Waals surface area (Å²) in [5.41, 5.74) is -1.37. The number of ether oxygens (including phenoxy) is 2. The molecular formula is C15H22O6. The standard InChI is InChI=1S/C15H22O6/c1-2-12(16)20-10-6-7-11-21-14(19)15(13(17)18)8-4-3-5-9-15/h2H,1,3-11H2,(H,17,18). The summed E-state index contributed by atoms with van der Waals surface area (Å²) in [6, 6.07) is 0. The van der Waals surface area contributed by atoms with Crippen molar-refractivity contribution in [2.24, 2.45) is 5.41 Å². The summed E-state index contributed by atoms with van der Waals surface area (Å²) >= 11 is 0. The van der Waals surface area contributed by atoms with Gasteiger partial charge in [-0.05, 0) is 25.7 Å². The van der Waals surface area contributed by atoms with Crippen LogP contribution in [0.15, 0.2) is 12.7 Å². The van der Waals surface area contributed by atoms with Gasteiger partial charge < -0.3 is 14.6 Å². The van der Waals surface area contributed by atoms with Gasteiger partial charge in [0.2, 0.25) is 0 Å². The average molecular weight is 298 g/mol. The second kappa shape index (κ2) is 8.44. The van der Waals surface area contributed by atoms with Gasteiger partial charge in [0, 0.05) is 6.08 Å². The van der Waals surface area contributed by atoms with Crippen LogP contribution in [-0.2, 0) is 23.9 Å². The Labute approximate surface area is 124 Å². The number of unbranched alkanes of at least 4 members (excludes halogenated alkanes) is 1. The first-order chi connectivity index (χ1) is 10.0. The number of carboxylic acid groups (broad SMARTS) is 1. The number of carbonyl (C=O) groups is 3. The second-order valence-electron chi connectivity index (χ2n) is 5.16. The van der Waals surface area contributed by atoms with Crippen LogP contribution < -0.4 is 0 Å². The first-order valence-electron chi connectivity index (χ1n) is 7.23. The number of carboxylic acids is 1. The van der Waals surface area contributed by atoms with Crippen molar-refractivity contribution in [3.8, 4) is 0 Å². The minimum absolute atomic E-state index is 0.138. The van der Waals surface area contributed by atoms with E-state index in [2.05, 4.69) is 6.58 Å². The molecule has 1 aliphatic rings. The van der Waals surface area contributed by atoms with Crippen LogP contribution >= 0.6 is 0 Å². The lowest BCUT2D eigenvalue weighted by Gasteiger charge is -2.30. The third-order valence-electron chi connectivity index (χ3n) is 3.69. The van der Waals surface area contributed by atoms with Crippen molar-refractivity contribution in [3.63, 3.8) is 0 Å². The molecule has 0 aromatic heterocycles. The van der Waals surface area contributed by atoms with Crippen LogP contribution in [0.3, 0.4) is 0 Å².